The number of carbonyl (C=O) groups is 1. The van der Waals surface area contributed by atoms with Gasteiger partial charge < -0.3 is 16.0 Å². The number of hydrogen-bond donors (Lipinski definition) is 2. The number of carbonyl (C=O) groups excluding carboxylic acids is 1. The van der Waals surface area contributed by atoms with E-state index in [-0.39, 0.29) is 5.91 Å². The van der Waals surface area contributed by atoms with Crippen LogP contribution in [0.2, 0.25) is 0 Å². The highest BCUT2D eigenvalue weighted by Gasteiger charge is 2.14. The fourth-order valence-corrected chi connectivity index (χ4v) is 2.75. The summed E-state index contributed by atoms with van der Waals surface area (Å²) < 4.78 is 0. The summed E-state index contributed by atoms with van der Waals surface area (Å²) in [7, 11) is 0. The van der Waals surface area contributed by atoms with Crippen molar-refractivity contribution in [1.82, 2.24) is 10.2 Å². The summed E-state index contributed by atoms with van der Waals surface area (Å²) in [5.74, 6) is -0.0210. The number of hydrogen-bond acceptors (Lipinski definition) is 3. The SMILES string of the molecule is NC(CCc1ccccc1)C(=O)NCCCN1CCCC1. The van der Waals surface area contributed by atoms with Gasteiger partial charge in [-0.3, -0.25) is 4.79 Å². The third-order valence-electron chi connectivity index (χ3n) is 4.07. The van der Waals surface area contributed by atoms with Crippen LogP contribution in [0.4, 0.5) is 0 Å². The molecular weight excluding hydrogens is 262 g/mol. The van der Waals surface area contributed by atoms with Crippen LogP contribution in [-0.2, 0) is 11.2 Å². The lowest BCUT2D eigenvalue weighted by Crippen LogP contribution is -2.41. The summed E-state index contributed by atoms with van der Waals surface area (Å²) in [5, 5.41) is 2.95. The molecule has 0 bridgehead atoms. The first kappa shape index (κ1) is 16.0. The summed E-state index contributed by atoms with van der Waals surface area (Å²) in [6.45, 7) is 4.24. The molecule has 1 saturated heterocycles. The van der Waals surface area contributed by atoms with E-state index in [1.54, 1.807) is 0 Å². The zero-order chi connectivity index (χ0) is 14.9. The molecule has 1 aromatic rings. The van der Waals surface area contributed by atoms with E-state index in [1.165, 1.54) is 31.5 Å². The monoisotopic (exact) mass is 289 g/mol. The average molecular weight is 289 g/mol. The second-order valence-electron chi connectivity index (χ2n) is 5.82. The van der Waals surface area contributed by atoms with Gasteiger partial charge in [0.15, 0.2) is 0 Å². The van der Waals surface area contributed by atoms with E-state index in [1.807, 2.05) is 18.2 Å². The van der Waals surface area contributed by atoms with Crippen LogP contribution in [0.5, 0.6) is 0 Å². The van der Waals surface area contributed by atoms with Crippen molar-refractivity contribution in [3.05, 3.63) is 35.9 Å². The van der Waals surface area contributed by atoms with Gasteiger partial charge in [-0.2, -0.15) is 0 Å². The molecule has 1 amide bonds. The molecule has 0 aromatic heterocycles. The Balaban J connectivity index is 1.56. The molecule has 1 heterocycles. The highest BCUT2D eigenvalue weighted by Crippen LogP contribution is 2.07. The second-order valence-corrected chi connectivity index (χ2v) is 5.82. The standard InChI is InChI=1S/C17H27N3O/c18-16(10-9-15-7-2-1-3-8-15)17(21)19-11-6-14-20-12-4-5-13-20/h1-3,7-8,16H,4-6,9-14,18H2,(H,19,21). The molecular formula is C17H27N3O. The van der Waals surface area contributed by atoms with Crippen molar-refractivity contribution < 1.29 is 4.79 Å². The molecule has 3 N–H and O–H groups in total. The second kappa shape index (κ2) is 8.80. The van der Waals surface area contributed by atoms with Gasteiger partial charge in [0, 0.05) is 6.54 Å². The predicted molar refractivity (Wildman–Crippen MR) is 86.0 cm³/mol. The summed E-state index contributed by atoms with van der Waals surface area (Å²) in [5.41, 5.74) is 7.18. The summed E-state index contributed by atoms with van der Waals surface area (Å²) in [4.78, 5) is 14.4. The summed E-state index contributed by atoms with van der Waals surface area (Å²) in [6, 6.07) is 9.76. The quantitative estimate of drug-likeness (QED) is 0.714. The topological polar surface area (TPSA) is 58.4 Å². The lowest BCUT2D eigenvalue weighted by molar-refractivity contribution is -0.122. The van der Waals surface area contributed by atoms with Crippen molar-refractivity contribution in [2.45, 2.75) is 38.1 Å². The number of nitrogens with one attached hydrogen (secondary N) is 1. The Morgan fingerprint density at radius 3 is 2.67 bits per heavy atom. The van der Waals surface area contributed by atoms with Crippen LogP contribution < -0.4 is 11.1 Å². The molecule has 4 nitrogen and oxygen atoms in total. The van der Waals surface area contributed by atoms with Gasteiger partial charge in [0.25, 0.3) is 0 Å². The lowest BCUT2D eigenvalue weighted by Gasteiger charge is -2.15. The van der Waals surface area contributed by atoms with Crippen LogP contribution in [-0.4, -0.2) is 43.0 Å². The summed E-state index contributed by atoms with van der Waals surface area (Å²) in [6.07, 6.45) is 5.19. The highest BCUT2D eigenvalue weighted by atomic mass is 16.2. The zero-order valence-electron chi connectivity index (χ0n) is 12.8. The maximum absolute atomic E-state index is 11.9. The zero-order valence-corrected chi connectivity index (χ0v) is 12.8. The van der Waals surface area contributed by atoms with Gasteiger partial charge in [-0.15, -0.1) is 0 Å². The van der Waals surface area contributed by atoms with E-state index in [4.69, 9.17) is 5.73 Å². The van der Waals surface area contributed by atoms with Gasteiger partial charge in [-0.1, -0.05) is 30.3 Å². The van der Waals surface area contributed by atoms with E-state index >= 15 is 0 Å². The molecule has 21 heavy (non-hydrogen) atoms. The lowest BCUT2D eigenvalue weighted by atomic mass is 10.1. The number of amides is 1. The average Bonchev–Trinajstić information content (AvgIpc) is 3.03. The maximum atomic E-state index is 11.9. The van der Waals surface area contributed by atoms with E-state index in [9.17, 15) is 4.79 Å². The van der Waals surface area contributed by atoms with Crippen molar-refractivity contribution in [2.24, 2.45) is 5.73 Å². The Bertz CT molecular complexity index is 415. The van der Waals surface area contributed by atoms with E-state index < -0.39 is 6.04 Å². The molecule has 0 spiro atoms. The van der Waals surface area contributed by atoms with E-state index in [2.05, 4.69) is 22.3 Å². The molecule has 1 fully saturated rings. The minimum atomic E-state index is -0.406. The maximum Gasteiger partial charge on any atom is 0.236 e. The van der Waals surface area contributed by atoms with Gasteiger partial charge >= 0.3 is 0 Å². The first-order valence-corrected chi connectivity index (χ1v) is 8.05. The van der Waals surface area contributed by atoms with Crippen LogP contribution in [0.15, 0.2) is 30.3 Å². The third-order valence-corrected chi connectivity index (χ3v) is 4.07. The smallest absolute Gasteiger partial charge is 0.236 e. The molecule has 0 saturated carbocycles. The molecule has 0 aliphatic carbocycles. The largest absolute Gasteiger partial charge is 0.355 e. The molecule has 4 heteroatoms. The van der Waals surface area contributed by atoms with E-state index in [0.29, 0.717) is 6.42 Å². The Hall–Kier alpha value is -1.39. The minimum absolute atomic E-state index is 0.0210. The third kappa shape index (κ3) is 5.86. The number of rotatable bonds is 8. The predicted octanol–water partition coefficient (Wildman–Crippen LogP) is 1.55. The van der Waals surface area contributed by atoms with Crippen LogP contribution in [0.1, 0.15) is 31.2 Å². The van der Waals surface area contributed by atoms with Crippen LogP contribution in [0.3, 0.4) is 0 Å². The van der Waals surface area contributed by atoms with Crippen molar-refractivity contribution in [3.8, 4) is 0 Å². The molecule has 1 aliphatic rings. The van der Waals surface area contributed by atoms with Crippen molar-refractivity contribution in [2.75, 3.05) is 26.2 Å². The Kier molecular flexibility index (Phi) is 6.70. The van der Waals surface area contributed by atoms with Gasteiger partial charge in [-0.25, -0.2) is 0 Å². The molecule has 1 aliphatic heterocycles. The van der Waals surface area contributed by atoms with Crippen molar-refractivity contribution >= 4 is 5.91 Å². The van der Waals surface area contributed by atoms with Crippen molar-refractivity contribution in [1.29, 1.82) is 0 Å². The van der Waals surface area contributed by atoms with Crippen molar-refractivity contribution in [3.63, 3.8) is 0 Å². The molecule has 1 atom stereocenters. The molecule has 1 aromatic carbocycles. The molecule has 0 radical (unpaired) electrons. The first-order valence-electron chi connectivity index (χ1n) is 8.05. The molecule has 2 rings (SSSR count). The first-order chi connectivity index (χ1) is 10.3. The number of likely N-dealkylation sites (tertiary alicyclic amines) is 1. The number of aryl methyl sites for hydroxylation is 1. The van der Waals surface area contributed by atoms with E-state index in [0.717, 1.165) is 25.9 Å². The Morgan fingerprint density at radius 2 is 1.95 bits per heavy atom. The Labute approximate surface area is 127 Å². The minimum Gasteiger partial charge on any atom is -0.355 e. The van der Waals surface area contributed by atoms with Crippen LogP contribution >= 0.6 is 0 Å². The Morgan fingerprint density at radius 1 is 1.24 bits per heavy atom. The number of benzene rings is 1. The molecule has 1 unspecified atom stereocenters. The van der Waals surface area contributed by atoms with Gasteiger partial charge in [0.2, 0.25) is 5.91 Å². The normalized spacial score (nSPS) is 16.8. The highest BCUT2D eigenvalue weighted by molar-refractivity contribution is 5.81. The fourth-order valence-electron chi connectivity index (χ4n) is 2.75. The van der Waals surface area contributed by atoms with Gasteiger partial charge in [-0.05, 0) is 57.3 Å². The van der Waals surface area contributed by atoms with Crippen LogP contribution in [0.25, 0.3) is 0 Å². The summed E-state index contributed by atoms with van der Waals surface area (Å²) >= 11 is 0. The fraction of sp³-hybridized carbons (Fsp3) is 0.588. The van der Waals surface area contributed by atoms with Gasteiger partial charge in [0.1, 0.15) is 0 Å². The number of nitrogens with two attached hydrogens (primary N) is 1. The van der Waals surface area contributed by atoms with Gasteiger partial charge in [0.05, 0.1) is 6.04 Å². The number of nitrogens with zero attached hydrogens (tertiary/aromatic N) is 1. The van der Waals surface area contributed by atoms with Crippen LogP contribution in [0, 0.1) is 0 Å². The molecule has 116 valence electrons.